The quantitative estimate of drug-likeness (QED) is 0.786. The monoisotopic (exact) mass is 249 g/mol. The van der Waals surface area contributed by atoms with Gasteiger partial charge in [-0.3, -0.25) is 4.79 Å². The fourth-order valence-electron chi connectivity index (χ4n) is 2.50. The van der Waals surface area contributed by atoms with Crippen molar-refractivity contribution in [3.8, 4) is 0 Å². The van der Waals surface area contributed by atoms with Gasteiger partial charge in [0.25, 0.3) is 5.91 Å². The Morgan fingerprint density at radius 1 is 1.39 bits per heavy atom. The summed E-state index contributed by atoms with van der Waals surface area (Å²) in [4.78, 5) is 14.1. The second-order valence-corrected chi connectivity index (χ2v) is 5.11. The van der Waals surface area contributed by atoms with Crippen LogP contribution in [-0.2, 0) is 0 Å². The molecule has 1 heterocycles. The van der Waals surface area contributed by atoms with Gasteiger partial charge in [-0.1, -0.05) is 13.3 Å². The van der Waals surface area contributed by atoms with E-state index in [1.807, 2.05) is 4.90 Å². The van der Waals surface area contributed by atoms with Crippen LogP contribution in [-0.4, -0.2) is 23.9 Å². The van der Waals surface area contributed by atoms with Crippen molar-refractivity contribution in [3.63, 3.8) is 0 Å². The molecule has 2 nitrogen and oxygen atoms in total. The Morgan fingerprint density at radius 2 is 2.06 bits per heavy atom. The molecular weight excluding hydrogens is 229 g/mol. The number of nitrogens with zero attached hydrogens (tertiary/aromatic N) is 1. The van der Waals surface area contributed by atoms with E-state index in [9.17, 15) is 9.18 Å². The fraction of sp³-hybridized carbons (Fsp3) is 0.533. The SMILES string of the molecule is CCC1CCN(C(=O)c2ccc(F)c(C)c2)CC1. The molecule has 1 fully saturated rings. The molecular formula is C15H20FNO. The van der Waals surface area contributed by atoms with E-state index >= 15 is 0 Å². The summed E-state index contributed by atoms with van der Waals surface area (Å²) in [5.41, 5.74) is 1.13. The Labute approximate surface area is 108 Å². The number of carbonyl (C=O) groups is 1. The van der Waals surface area contributed by atoms with Crippen LogP contribution in [0.4, 0.5) is 4.39 Å². The second kappa shape index (κ2) is 5.51. The van der Waals surface area contributed by atoms with E-state index in [-0.39, 0.29) is 11.7 Å². The van der Waals surface area contributed by atoms with E-state index in [1.165, 1.54) is 12.5 Å². The molecule has 0 aromatic heterocycles. The average Bonchev–Trinajstić information content (AvgIpc) is 2.41. The molecule has 0 radical (unpaired) electrons. The zero-order chi connectivity index (χ0) is 13.1. The molecule has 1 saturated heterocycles. The zero-order valence-electron chi connectivity index (χ0n) is 11.1. The highest BCUT2D eigenvalue weighted by Gasteiger charge is 2.22. The molecule has 0 aliphatic carbocycles. The number of benzene rings is 1. The van der Waals surface area contributed by atoms with E-state index in [0.29, 0.717) is 11.1 Å². The number of aryl methyl sites for hydroxylation is 1. The van der Waals surface area contributed by atoms with Crippen molar-refractivity contribution < 1.29 is 9.18 Å². The van der Waals surface area contributed by atoms with Crippen LogP contribution in [0.15, 0.2) is 18.2 Å². The third kappa shape index (κ3) is 2.71. The van der Waals surface area contributed by atoms with Gasteiger partial charge in [-0.05, 0) is 49.4 Å². The van der Waals surface area contributed by atoms with Gasteiger partial charge >= 0.3 is 0 Å². The van der Waals surface area contributed by atoms with Gasteiger partial charge in [0, 0.05) is 18.7 Å². The maximum atomic E-state index is 13.2. The standard InChI is InChI=1S/C15H20FNO/c1-3-12-6-8-17(9-7-12)15(18)13-4-5-14(16)11(2)10-13/h4-5,10,12H,3,6-9H2,1-2H3. The van der Waals surface area contributed by atoms with Crippen LogP contribution in [0.2, 0.25) is 0 Å². The Kier molecular flexibility index (Phi) is 4.00. The molecule has 0 bridgehead atoms. The highest BCUT2D eigenvalue weighted by Crippen LogP contribution is 2.21. The third-order valence-corrected chi connectivity index (χ3v) is 3.88. The van der Waals surface area contributed by atoms with Crippen LogP contribution in [0.3, 0.4) is 0 Å². The smallest absolute Gasteiger partial charge is 0.253 e. The molecule has 1 aliphatic heterocycles. The molecule has 0 saturated carbocycles. The molecule has 18 heavy (non-hydrogen) atoms. The number of hydrogen-bond acceptors (Lipinski definition) is 1. The number of likely N-dealkylation sites (tertiary alicyclic amines) is 1. The number of hydrogen-bond donors (Lipinski definition) is 0. The Morgan fingerprint density at radius 3 is 2.61 bits per heavy atom. The molecule has 1 aliphatic rings. The number of carbonyl (C=O) groups excluding carboxylic acids is 1. The molecule has 1 aromatic rings. The zero-order valence-corrected chi connectivity index (χ0v) is 11.1. The van der Waals surface area contributed by atoms with E-state index in [2.05, 4.69) is 6.92 Å². The summed E-state index contributed by atoms with van der Waals surface area (Å²) in [6.07, 6.45) is 3.36. The van der Waals surface area contributed by atoms with Crippen molar-refractivity contribution in [2.45, 2.75) is 33.1 Å². The second-order valence-electron chi connectivity index (χ2n) is 5.11. The van der Waals surface area contributed by atoms with Crippen LogP contribution < -0.4 is 0 Å². The predicted molar refractivity (Wildman–Crippen MR) is 70.1 cm³/mol. The Hall–Kier alpha value is -1.38. The first kappa shape index (κ1) is 13.1. The van der Waals surface area contributed by atoms with Crippen LogP contribution >= 0.6 is 0 Å². The van der Waals surface area contributed by atoms with Crippen molar-refractivity contribution in [3.05, 3.63) is 35.1 Å². The van der Waals surface area contributed by atoms with Crippen LogP contribution in [0, 0.1) is 18.7 Å². The minimum Gasteiger partial charge on any atom is -0.339 e. The van der Waals surface area contributed by atoms with Crippen LogP contribution in [0.25, 0.3) is 0 Å². The first-order valence-electron chi connectivity index (χ1n) is 6.67. The molecule has 0 spiro atoms. The van der Waals surface area contributed by atoms with Gasteiger partial charge in [-0.25, -0.2) is 4.39 Å². The molecule has 0 unspecified atom stereocenters. The maximum absolute atomic E-state index is 13.2. The minimum atomic E-state index is -0.253. The summed E-state index contributed by atoms with van der Waals surface area (Å²) >= 11 is 0. The number of halogens is 1. The number of rotatable bonds is 2. The van der Waals surface area contributed by atoms with Crippen LogP contribution in [0.1, 0.15) is 42.1 Å². The molecule has 2 rings (SSSR count). The molecule has 1 aromatic carbocycles. The number of piperidine rings is 1. The lowest BCUT2D eigenvalue weighted by Gasteiger charge is -2.31. The third-order valence-electron chi connectivity index (χ3n) is 3.88. The molecule has 0 atom stereocenters. The molecule has 98 valence electrons. The van der Waals surface area contributed by atoms with Crippen molar-refractivity contribution in [1.29, 1.82) is 0 Å². The van der Waals surface area contributed by atoms with Gasteiger partial charge < -0.3 is 4.90 Å². The highest BCUT2D eigenvalue weighted by molar-refractivity contribution is 5.94. The van der Waals surface area contributed by atoms with E-state index in [1.54, 1.807) is 19.1 Å². The van der Waals surface area contributed by atoms with Gasteiger partial charge in [-0.15, -0.1) is 0 Å². The van der Waals surface area contributed by atoms with E-state index in [4.69, 9.17) is 0 Å². The summed E-state index contributed by atoms with van der Waals surface area (Å²) in [7, 11) is 0. The largest absolute Gasteiger partial charge is 0.339 e. The summed E-state index contributed by atoms with van der Waals surface area (Å²) in [6, 6.07) is 4.60. The van der Waals surface area contributed by atoms with Gasteiger partial charge in [0.15, 0.2) is 0 Å². The summed E-state index contributed by atoms with van der Waals surface area (Å²) in [5.74, 6) is 0.535. The minimum absolute atomic E-state index is 0.0349. The summed E-state index contributed by atoms with van der Waals surface area (Å²) in [6.45, 7) is 5.54. The van der Waals surface area contributed by atoms with Crippen molar-refractivity contribution >= 4 is 5.91 Å². The lowest BCUT2D eigenvalue weighted by molar-refractivity contribution is 0.0688. The van der Waals surface area contributed by atoms with Gasteiger partial charge in [0.1, 0.15) is 5.82 Å². The maximum Gasteiger partial charge on any atom is 0.253 e. The van der Waals surface area contributed by atoms with Gasteiger partial charge in [-0.2, -0.15) is 0 Å². The molecule has 0 N–H and O–H groups in total. The van der Waals surface area contributed by atoms with Gasteiger partial charge in [0.05, 0.1) is 0 Å². The van der Waals surface area contributed by atoms with Crippen molar-refractivity contribution in [2.24, 2.45) is 5.92 Å². The molecule has 1 amide bonds. The van der Waals surface area contributed by atoms with E-state index in [0.717, 1.165) is 31.8 Å². The first-order chi connectivity index (χ1) is 8.61. The highest BCUT2D eigenvalue weighted by atomic mass is 19.1. The number of amides is 1. The normalized spacial score (nSPS) is 16.9. The Bertz CT molecular complexity index is 436. The Balaban J connectivity index is 2.05. The van der Waals surface area contributed by atoms with Crippen LogP contribution in [0.5, 0.6) is 0 Å². The van der Waals surface area contributed by atoms with Crippen molar-refractivity contribution in [2.75, 3.05) is 13.1 Å². The summed E-state index contributed by atoms with van der Waals surface area (Å²) < 4.78 is 13.2. The first-order valence-corrected chi connectivity index (χ1v) is 6.67. The predicted octanol–water partition coefficient (Wildman–Crippen LogP) is 3.40. The summed E-state index contributed by atoms with van der Waals surface area (Å²) in [5, 5.41) is 0. The molecule has 3 heteroatoms. The lowest BCUT2D eigenvalue weighted by Crippen LogP contribution is -2.38. The lowest BCUT2D eigenvalue weighted by atomic mass is 9.94. The topological polar surface area (TPSA) is 20.3 Å². The average molecular weight is 249 g/mol. The fourth-order valence-corrected chi connectivity index (χ4v) is 2.50. The van der Waals surface area contributed by atoms with E-state index < -0.39 is 0 Å². The van der Waals surface area contributed by atoms with Gasteiger partial charge in [0.2, 0.25) is 0 Å². The van der Waals surface area contributed by atoms with Crippen molar-refractivity contribution in [1.82, 2.24) is 4.90 Å².